The standard InChI is InChI=1S/C14H16O.C7H15N/c1-11-8-14(2,10-15)9-13(11)12-6-4-3-5-7-12;8-6-7-4-2-1-3-5-7/h3-7,10H,8-9H2,1-2H3;7H,1-6,8H2. The van der Waals surface area contributed by atoms with Gasteiger partial charge in [0.1, 0.15) is 6.29 Å². The summed E-state index contributed by atoms with van der Waals surface area (Å²) >= 11 is 0. The fraction of sp³-hybridized carbons (Fsp3) is 0.571. The molecule has 0 saturated heterocycles. The van der Waals surface area contributed by atoms with E-state index >= 15 is 0 Å². The molecule has 0 aromatic heterocycles. The van der Waals surface area contributed by atoms with Crippen LogP contribution in [-0.4, -0.2) is 12.8 Å². The molecule has 126 valence electrons. The largest absolute Gasteiger partial charge is 0.330 e. The van der Waals surface area contributed by atoms with Gasteiger partial charge in [0.25, 0.3) is 0 Å². The molecule has 0 bridgehead atoms. The molecular weight excluding hydrogens is 282 g/mol. The average molecular weight is 313 g/mol. The average Bonchev–Trinajstić information content (AvgIpc) is 2.92. The van der Waals surface area contributed by atoms with Crippen molar-refractivity contribution in [3.8, 4) is 0 Å². The molecule has 1 fully saturated rings. The van der Waals surface area contributed by atoms with Crippen molar-refractivity contribution in [1.82, 2.24) is 0 Å². The smallest absolute Gasteiger partial charge is 0.126 e. The molecule has 3 rings (SSSR count). The van der Waals surface area contributed by atoms with E-state index in [1.54, 1.807) is 0 Å². The Labute approximate surface area is 141 Å². The van der Waals surface area contributed by atoms with Crippen molar-refractivity contribution in [3.63, 3.8) is 0 Å². The summed E-state index contributed by atoms with van der Waals surface area (Å²) < 4.78 is 0. The minimum atomic E-state index is -0.171. The number of hydrogen-bond acceptors (Lipinski definition) is 2. The van der Waals surface area contributed by atoms with E-state index in [0.29, 0.717) is 0 Å². The Morgan fingerprint density at radius 2 is 1.78 bits per heavy atom. The molecular formula is C21H31NO. The zero-order valence-corrected chi connectivity index (χ0v) is 14.7. The minimum Gasteiger partial charge on any atom is -0.330 e. The Morgan fingerprint density at radius 1 is 1.13 bits per heavy atom. The molecule has 0 heterocycles. The quantitative estimate of drug-likeness (QED) is 0.799. The van der Waals surface area contributed by atoms with Crippen LogP contribution in [0, 0.1) is 11.3 Å². The Bertz CT molecular complexity index is 528. The van der Waals surface area contributed by atoms with E-state index < -0.39 is 0 Å². The zero-order valence-electron chi connectivity index (χ0n) is 14.7. The van der Waals surface area contributed by atoms with Gasteiger partial charge in [-0.05, 0) is 56.2 Å². The molecule has 1 saturated carbocycles. The molecule has 0 aliphatic heterocycles. The number of carbonyl (C=O) groups is 1. The van der Waals surface area contributed by atoms with E-state index in [2.05, 4.69) is 19.1 Å². The number of rotatable bonds is 3. The fourth-order valence-corrected chi connectivity index (χ4v) is 3.82. The van der Waals surface area contributed by atoms with Crippen molar-refractivity contribution in [1.29, 1.82) is 0 Å². The van der Waals surface area contributed by atoms with E-state index in [1.807, 2.05) is 25.1 Å². The van der Waals surface area contributed by atoms with E-state index in [-0.39, 0.29) is 5.41 Å². The third kappa shape index (κ3) is 5.04. The van der Waals surface area contributed by atoms with Crippen LogP contribution in [0.2, 0.25) is 0 Å². The summed E-state index contributed by atoms with van der Waals surface area (Å²) in [6.45, 7) is 5.09. The van der Waals surface area contributed by atoms with Crippen molar-refractivity contribution in [2.45, 2.75) is 58.8 Å². The maximum Gasteiger partial charge on any atom is 0.126 e. The van der Waals surface area contributed by atoms with Gasteiger partial charge >= 0.3 is 0 Å². The van der Waals surface area contributed by atoms with Crippen LogP contribution in [0.25, 0.3) is 5.57 Å². The molecule has 1 aromatic carbocycles. The first-order valence-corrected chi connectivity index (χ1v) is 8.98. The second-order valence-corrected chi connectivity index (χ2v) is 7.49. The van der Waals surface area contributed by atoms with Crippen LogP contribution in [0.1, 0.15) is 64.4 Å². The Balaban J connectivity index is 0.000000203. The van der Waals surface area contributed by atoms with Gasteiger partial charge in [-0.25, -0.2) is 0 Å². The van der Waals surface area contributed by atoms with Crippen LogP contribution in [-0.2, 0) is 4.79 Å². The van der Waals surface area contributed by atoms with Crippen molar-refractivity contribution >= 4 is 11.9 Å². The third-order valence-electron chi connectivity index (χ3n) is 5.23. The molecule has 2 aliphatic rings. The second-order valence-electron chi connectivity index (χ2n) is 7.49. The highest BCUT2D eigenvalue weighted by Gasteiger charge is 2.32. The van der Waals surface area contributed by atoms with E-state index in [0.717, 1.165) is 31.6 Å². The first-order valence-electron chi connectivity index (χ1n) is 8.98. The summed E-state index contributed by atoms with van der Waals surface area (Å²) in [5, 5.41) is 0. The lowest BCUT2D eigenvalue weighted by Gasteiger charge is -2.18. The van der Waals surface area contributed by atoms with Gasteiger partial charge in [-0.2, -0.15) is 0 Å². The molecule has 1 unspecified atom stereocenters. The molecule has 2 nitrogen and oxygen atoms in total. The molecule has 0 spiro atoms. The van der Waals surface area contributed by atoms with Crippen LogP contribution >= 0.6 is 0 Å². The summed E-state index contributed by atoms with van der Waals surface area (Å²) in [6.07, 6.45) is 9.94. The van der Waals surface area contributed by atoms with Crippen molar-refractivity contribution in [2.75, 3.05) is 6.54 Å². The predicted octanol–water partition coefficient (Wildman–Crippen LogP) is 4.98. The monoisotopic (exact) mass is 313 g/mol. The predicted molar refractivity (Wildman–Crippen MR) is 98.1 cm³/mol. The molecule has 1 atom stereocenters. The fourth-order valence-electron chi connectivity index (χ4n) is 3.82. The van der Waals surface area contributed by atoms with E-state index in [4.69, 9.17) is 5.73 Å². The first kappa shape index (κ1) is 17.9. The first-order chi connectivity index (χ1) is 11.1. The SMILES string of the molecule is CC1=C(c2ccccc2)CC(C)(C=O)C1.NCC1CCCCC1. The summed E-state index contributed by atoms with van der Waals surface area (Å²) in [4.78, 5) is 11.0. The number of carbonyl (C=O) groups excluding carboxylic acids is 1. The van der Waals surface area contributed by atoms with Crippen molar-refractivity contribution in [3.05, 3.63) is 41.5 Å². The Hall–Kier alpha value is -1.41. The number of nitrogens with two attached hydrogens (primary N) is 1. The highest BCUT2D eigenvalue weighted by atomic mass is 16.1. The minimum absolute atomic E-state index is 0.171. The number of hydrogen-bond donors (Lipinski definition) is 1. The van der Waals surface area contributed by atoms with Crippen LogP contribution in [0.4, 0.5) is 0 Å². The summed E-state index contributed by atoms with van der Waals surface area (Å²) in [7, 11) is 0. The second kappa shape index (κ2) is 8.44. The topological polar surface area (TPSA) is 43.1 Å². The van der Waals surface area contributed by atoms with Crippen molar-refractivity contribution < 1.29 is 4.79 Å². The van der Waals surface area contributed by atoms with Gasteiger partial charge in [0.05, 0.1) is 0 Å². The molecule has 2 N–H and O–H groups in total. The lowest BCUT2D eigenvalue weighted by molar-refractivity contribution is -0.114. The summed E-state index contributed by atoms with van der Waals surface area (Å²) in [5.74, 6) is 0.865. The number of allylic oxidation sites excluding steroid dienone is 2. The Kier molecular flexibility index (Phi) is 6.59. The van der Waals surface area contributed by atoms with Gasteiger partial charge in [0.2, 0.25) is 0 Å². The normalized spacial score (nSPS) is 25.0. The number of benzene rings is 1. The third-order valence-corrected chi connectivity index (χ3v) is 5.23. The maximum absolute atomic E-state index is 11.0. The molecule has 1 aromatic rings. The lowest BCUT2D eigenvalue weighted by Crippen LogP contribution is -2.16. The van der Waals surface area contributed by atoms with Crippen LogP contribution in [0.15, 0.2) is 35.9 Å². The van der Waals surface area contributed by atoms with Crippen molar-refractivity contribution in [2.24, 2.45) is 17.1 Å². The highest BCUT2D eigenvalue weighted by molar-refractivity contribution is 5.77. The molecule has 23 heavy (non-hydrogen) atoms. The van der Waals surface area contributed by atoms with E-state index in [9.17, 15) is 4.79 Å². The van der Waals surface area contributed by atoms with Crippen LogP contribution in [0.3, 0.4) is 0 Å². The van der Waals surface area contributed by atoms with Crippen LogP contribution < -0.4 is 5.73 Å². The Morgan fingerprint density at radius 3 is 2.26 bits per heavy atom. The van der Waals surface area contributed by atoms with Crippen LogP contribution in [0.5, 0.6) is 0 Å². The van der Waals surface area contributed by atoms with Gasteiger partial charge in [-0.3, -0.25) is 0 Å². The zero-order chi connectivity index (χ0) is 16.7. The highest BCUT2D eigenvalue weighted by Crippen LogP contribution is 2.44. The van der Waals surface area contributed by atoms with Gasteiger partial charge in [-0.1, -0.05) is 62.1 Å². The van der Waals surface area contributed by atoms with Gasteiger partial charge in [0, 0.05) is 5.41 Å². The molecule has 0 amide bonds. The van der Waals surface area contributed by atoms with Gasteiger partial charge in [-0.15, -0.1) is 0 Å². The summed E-state index contributed by atoms with van der Waals surface area (Å²) in [6, 6.07) is 10.4. The van der Waals surface area contributed by atoms with Gasteiger partial charge in [0.15, 0.2) is 0 Å². The lowest BCUT2D eigenvalue weighted by atomic mass is 9.87. The number of aldehydes is 1. The maximum atomic E-state index is 11.0. The molecule has 2 heteroatoms. The van der Waals surface area contributed by atoms with Gasteiger partial charge < -0.3 is 10.5 Å². The van der Waals surface area contributed by atoms with E-state index in [1.165, 1.54) is 48.8 Å². The molecule has 2 aliphatic carbocycles. The molecule has 0 radical (unpaired) electrons. The summed E-state index contributed by atoms with van der Waals surface area (Å²) in [5.41, 5.74) is 9.31.